The molecule has 1 heterocycles. The van der Waals surface area contributed by atoms with Crippen LogP contribution >= 0.6 is 0 Å². The summed E-state index contributed by atoms with van der Waals surface area (Å²) in [4.78, 5) is 0. The van der Waals surface area contributed by atoms with Crippen LogP contribution in [-0.4, -0.2) is 23.4 Å². The Labute approximate surface area is 91.4 Å². The van der Waals surface area contributed by atoms with Gasteiger partial charge in [-0.1, -0.05) is 20.8 Å². The Hall–Kier alpha value is -1.03. The van der Waals surface area contributed by atoms with Gasteiger partial charge in [-0.2, -0.15) is 5.10 Å². The van der Waals surface area contributed by atoms with Crippen LogP contribution in [0.1, 0.15) is 32.9 Å². The van der Waals surface area contributed by atoms with Crippen LogP contribution in [-0.2, 0) is 12.0 Å². The molecule has 4 nitrogen and oxygen atoms in total. The monoisotopic (exact) mass is 211 g/mol. The van der Waals surface area contributed by atoms with E-state index in [0.717, 1.165) is 24.4 Å². The first-order chi connectivity index (χ1) is 7.06. The van der Waals surface area contributed by atoms with E-state index in [1.807, 2.05) is 4.68 Å². The van der Waals surface area contributed by atoms with Crippen molar-refractivity contribution < 1.29 is 4.74 Å². The molecule has 15 heavy (non-hydrogen) atoms. The van der Waals surface area contributed by atoms with Crippen molar-refractivity contribution in [2.24, 2.45) is 5.73 Å². The number of aromatic nitrogens is 2. The van der Waals surface area contributed by atoms with Gasteiger partial charge in [0, 0.05) is 18.5 Å². The highest BCUT2D eigenvalue weighted by Crippen LogP contribution is 2.30. The minimum atomic E-state index is -0.100. The second-order valence-corrected chi connectivity index (χ2v) is 4.37. The van der Waals surface area contributed by atoms with Crippen molar-refractivity contribution >= 4 is 0 Å². The van der Waals surface area contributed by atoms with Gasteiger partial charge in [0.2, 0.25) is 0 Å². The van der Waals surface area contributed by atoms with Crippen LogP contribution in [0.4, 0.5) is 0 Å². The first-order valence-electron chi connectivity index (χ1n) is 5.37. The van der Waals surface area contributed by atoms with Gasteiger partial charge in [0.05, 0.1) is 19.0 Å². The molecular formula is C11H21N3O. The fraction of sp³-hybridized carbons (Fsp3) is 0.727. The van der Waals surface area contributed by atoms with Gasteiger partial charge in [0.1, 0.15) is 0 Å². The van der Waals surface area contributed by atoms with Crippen LogP contribution in [0.3, 0.4) is 0 Å². The Balaban J connectivity index is 3.15. The molecule has 1 aromatic heterocycles. The molecule has 0 spiro atoms. The molecule has 0 aliphatic rings. The average molecular weight is 211 g/mol. The lowest BCUT2D eigenvalue weighted by Gasteiger charge is -2.24. The van der Waals surface area contributed by atoms with E-state index in [-0.39, 0.29) is 5.41 Å². The number of nitrogens with zero attached hydrogens (tertiary/aromatic N) is 2. The summed E-state index contributed by atoms with van der Waals surface area (Å²) in [5, 5.41) is 4.33. The van der Waals surface area contributed by atoms with Crippen molar-refractivity contribution in [2.45, 2.75) is 39.2 Å². The molecule has 4 heteroatoms. The summed E-state index contributed by atoms with van der Waals surface area (Å²) in [6, 6.07) is 0. The van der Waals surface area contributed by atoms with Gasteiger partial charge in [0.25, 0.3) is 0 Å². The van der Waals surface area contributed by atoms with Crippen molar-refractivity contribution in [3.63, 3.8) is 0 Å². The van der Waals surface area contributed by atoms with E-state index in [1.54, 1.807) is 13.3 Å². The van der Waals surface area contributed by atoms with E-state index in [9.17, 15) is 0 Å². The number of ether oxygens (including phenoxy) is 1. The van der Waals surface area contributed by atoms with Crippen LogP contribution in [0.2, 0.25) is 0 Å². The lowest BCUT2D eigenvalue weighted by atomic mass is 9.89. The van der Waals surface area contributed by atoms with Crippen LogP contribution < -0.4 is 10.5 Å². The third kappa shape index (κ3) is 2.31. The average Bonchev–Trinajstić information content (AvgIpc) is 2.62. The Morgan fingerprint density at radius 3 is 2.67 bits per heavy atom. The predicted octanol–water partition coefficient (Wildman–Crippen LogP) is 1.54. The molecule has 0 radical (unpaired) electrons. The van der Waals surface area contributed by atoms with Gasteiger partial charge in [-0.15, -0.1) is 0 Å². The number of nitrogens with two attached hydrogens (primary N) is 1. The molecule has 0 unspecified atom stereocenters. The molecule has 0 bridgehead atoms. The highest BCUT2D eigenvalue weighted by molar-refractivity contribution is 5.32. The highest BCUT2D eigenvalue weighted by atomic mass is 16.5. The van der Waals surface area contributed by atoms with Crippen LogP contribution in [0.25, 0.3) is 0 Å². The molecule has 86 valence electrons. The molecule has 0 aliphatic carbocycles. The molecule has 0 aromatic carbocycles. The summed E-state index contributed by atoms with van der Waals surface area (Å²) in [5.74, 6) is 0.832. The van der Waals surface area contributed by atoms with Crippen molar-refractivity contribution in [3.05, 3.63) is 11.9 Å². The van der Waals surface area contributed by atoms with Gasteiger partial charge >= 0.3 is 0 Å². The van der Waals surface area contributed by atoms with E-state index in [0.29, 0.717) is 6.54 Å². The topological polar surface area (TPSA) is 53.1 Å². The molecule has 1 rings (SSSR count). The lowest BCUT2D eigenvalue weighted by molar-refractivity contribution is 0.380. The SMILES string of the molecule is CCCn1ncc(OC)c1C(C)(C)CN. The molecule has 0 saturated carbocycles. The van der Waals surface area contributed by atoms with Crippen LogP contribution in [0.5, 0.6) is 5.75 Å². The largest absolute Gasteiger partial charge is 0.493 e. The zero-order valence-corrected chi connectivity index (χ0v) is 10.1. The molecule has 2 N–H and O–H groups in total. The second kappa shape index (κ2) is 4.66. The molecule has 0 aliphatic heterocycles. The fourth-order valence-electron chi connectivity index (χ4n) is 1.68. The van der Waals surface area contributed by atoms with Gasteiger partial charge in [-0.3, -0.25) is 4.68 Å². The number of methoxy groups -OCH3 is 1. The predicted molar refractivity (Wildman–Crippen MR) is 61.2 cm³/mol. The third-order valence-corrected chi connectivity index (χ3v) is 2.61. The molecule has 0 amide bonds. The lowest BCUT2D eigenvalue weighted by Crippen LogP contribution is -2.31. The zero-order chi connectivity index (χ0) is 11.5. The van der Waals surface area contributed by atoms with Crippen LogP contribution in [0.15, 0.2) is 6.20 Å². The first kappa shape index (κ1) is 12.0. The molecule has 1 aromatic rings. The smallest absolute Gasteiger partial charge is 0.160 e. The standard InChI is InChI=1S/C11H21N3O/c1-5-6-14-10(11(2,3)8-12)9(15-4)7-13-14/h7H,5-6,8,12H2,1-4H3. The Bertz CT molecular complexity index is 318. The van der Waals surface area contributed by atoms with Crippen molar-refractivity contribution in [1.82, 2.24) is 9.78 Å². The van der Waals surface area contributed by atoms with Gasteiger partial charge in [-0.25, -0.2) is 0 Å². The van der Waals surface area contributed by atoms with Gasteiger partial charge in [-0.05, 0) is 6.42 Å². The summed E-state index contributed by atoms with van der Waals surface area (Å²) in [6.07, 6.45) is 2.82. The summed E-state index contributed by atoms with van der Waals surface area (Å²) < 4.78 is 7.31. The summed E-state index contributed by atoms with van der Waals surface area (Å²) in [7, 11) is 1.67. The molecule has 0 fully saturated rings. The number of aryl methyl sites for hydroxylation is 1. The maximum Gasteiger partial charge on any atom is 0.160 e. The van der Waals surface area contributed by atoms with E-state index >= 15 is 0 Å². The number of hydrogen-bond acceptors (Lipinski definition) is 3. The minimum Gasteiger partial charge on any atom is -0.493 e. The molecule has 0 atom stereocenters. The minimum absolute atomic E-state index is 0.100. The third-order valence-electron chi connectivity index (χ3n) is 2.61. The Morgan fingerprint density at radius 2 is 2.20 bits per heavy atom. The van der Waals surface area contributed by atoms with Crippen LogP contribution in [0, 0.1) is 0 Å². The Kier molecular flexibility index (Phi) is 3.74. The highest BCUT2D eigenvalue weighted by Gasteiger charge is 2.27. The number of hydrogen-bond donors (Lipinski definition) is 1. The molecule has 0 saturated heterocycles. The number of rotatable bonds is 5. The van der Waals surface area contributed by atoms with E-state index in [2.05, 4.69) is 25.9 Å². The maximum absolute atomic E-state index is 5.79. The van der Waals surface area contributed by atoms with Gasteiger partial charge < -0.3 is 10.5 Å². The normalized spacial score (nSPS) is 11.8. The first-order valence-corrected chi connectivity index (χ1v) is 5.37. The molecular weight excluding hydrogens is 190 g/mol. The van der Waals surface area contributed by atoms with Gasteiger partial charge in [0.15, 0.2) is 5.75 Å². The second-order valence-electron chi connectivity index (χ2n) is 4.37. The van der Waals surface area contributed by atoms with E-state index in [4.69, 9.17) is 10.5 Å². The van der Waals surface area contributed by atoms with Crippen molar-refractivity contribution in [3.8, 4) is 5.75 Å². The summed E-state index contributed by atoms with van der Waals surface area (Å²) >= 11 is 0. The van der Waals surface area contributed by atoms with E-state index in [1.165, 1.54) is 0 Å². The Morgan fingerprint density at radius 1 is 1.53 bits per heavy atom. The fourth-order valence-corrected chi connectivity index (χ4v) is 1.68. The zero-order valence-electron chi connectivity index (χ0n) is 10.1. The van der Waals surface area contributed by atoms with E-state index < -0.39 is 0 Å². The summed E-state index contributed by atoms with van der Waals surface area (Å²) in [5.41, 5.74) is 6.78. The van der Waals surface area contributed by atoms with Crippen molar-refractivity contribution in [2.75, 3.05) is 13.7 Å². The maximum atomic E-state index is 5.79. The van der Waals surface area contributed by atoms with Crippen molar-refractivity contribution in [1.29, 1.82) is 0 Å². The summed E-state index contributed by atoms with van der Waals surface area (Å²) in [6.45, 7) is 7.84. The quantitative estimate of drug-likeness (QED) is 0.803.